The number of primary amides is 1. The summed E-state index contributed by atoms with van der Waals surface area (Å²) in [5.41, 5.74) is 6.83. The molecule has 5 nitrogen and oxygen atoms in total. The Morgan fingerprint density at radius 3 is 2.70 bits per heavy atom. The van der Waals surface area contributed by atoms with E-state index in [0.29, 0.717) is 11.3 Å². The second-order valence-corrected chi connectivity index (χ2v) is 7.18. The van der Waals surface area contributed by atoms with Crippen LogP contribution in [0.2, 0.25) is 0 Å². The number of halogens is 2. The minimum absolute atomic E-state index is 0.194. The molecule has 0 radical (unpaired) electrons. The molecule has 2 heterocycles. The summed E-state index contributed by atoms with van der Waals surface area (Å²) in [6, 6.07) is 3.62. The molecule has 1 aromatic carbocycles. The van der Waals surface area contributed by atoms with Crippen molar-refractivity contribution < 1.29 is 13.6 Å². The number of imidazole rings is 1. The molecule has 0 bridgehead atoms. The Morgan fingerprint density at radius 2 is 2.07 bits per heavy atom. The number of rotatable bonds is 7. The number of aromatic nitrogens is 2. The van der Waals surface area contributed by atoms with Crippen molar-refractivity contribution in [2.24, 2.45) is 5.73 Å². The van der Waals surface area contributed by atoms with Crippen LogP contribution in [-0.2, 0) is 4.79 Å². The second kappa shape index (κ2) is 8.61. The van der Waals surface area contributed by atoms with E-state index < -0.39 is 11.6 Å². The highest BCUT2D eigenvalue weighted by molar-refractivity contribution is 5.79. The van der Waals surface area contributed by atoms with Crippen LogP contribution >= 0.6 is 0 Å². The van der Waals surface area contributed by atoms with Gasteiger partial charge in [0, 0.05) is 11.5 Å². The number of piperidine rings is 1. The lowest BCUT2D eigenvalue weighted by Crippen LogP contribution is -2.48. The zero-order valence-electron chi connectivity index (χ0n) is 15.5. The van der Waals surface area contributed by atoms with Gasteiger partial charge in [-0.05, 0) is 50.6 Å². The molecule has 0 saturated carbocycles. The molecule has 0 spiro atoms. The fourth-order valence-electron chi connectivity index (χ4n) is 3.74. The highest BCUT2D eigenvalue weighted by Crippen LogP contribution is 2.29. The first-order valence-electron chi connectivity index (χ1n) is 9.53. The van der Waals surface area contributed by atoms with Crippen LogP contribution in [0.1, 0.15) is 50.8 Å². The van der Waals surface area contributed by atoms with Gasteiger partial charge >= 0.3 is 0 Å². The molecule has 3 rings (SSSR count). The number of carbonyl (C=O) groups is 1. The average Bonchev–Trinajstić information content (AvgIpc) is 3.15. The first-order chi connectivity index (χ1) is 13.0. The van der Waals surface area contributed by atoms with E-state index in [1.807, 2.05) is 0 Å². The lowest BCUT2D eigenvalue weighted by molar-refractivity contribution is -0.124. The predicted molar refractivity (Wildman–Crippen MR) is 100.0 cm³/mol. The fraction of sp³-hybridized carbons (Fsp3) is 0.500. The van der Waals surface area contributed by atoms with Gasteiger partial charge in [0.25, 0.3) is 0 Å². The largest absolute Gasteiger partial charge is 0.368 e. The zero-order chi connectivity index (χ0) is 19.4. The van der Waals surface area contributed by atoms with Crippen LogP contribution in [-0.4, -0.2) is 39.9 Å². The van der Waals surface area contributed by atoms with Gasteiger partial charge in [0.2, 0.25) is 5.91 Å². The standard InChI is InChI=1S/C20H26F2N4O/c1-2-3-4-18(19(23)27)26-9-7-13(8-10-26)20-24-12-17(25-20)14-5-6-15(21)16(22)11-14/h5-6,11-13,18H,2-4,7-10H2,1H3,(H2,23,27)(H,24,25)/t18-/m0/s1. The molecule has 1 fully saturated rings. The van der Waals surface area contributed by atoms with Crippen molar-refractivity contribution in [2.75, 3.05) is 13.1 Å². The smallest absolute Gasteiger partial charge is 0.234 e. The predicted octanol–water partition coefficient (Wildman–Crippen LogP) is 3.58. The molecule has 1 atom stereocenters. The summed E-state index contributed by atoms with van der Waals surface area (Å²) in [5.74, 6) is -0.890. The molecule has 2 aromatic rings. The van der Waals surface area contributed by atoms with Crippen LogP contribution < -0.4 is 5.73 Å². The van der Waals surface area contributed by atoms with E-state index in [9.17, 15) is 13.6 Å². The van der Waals surface area contributed by atoms with Gasteiger partial charge in [-0.3, -0.25) is 9.69 Å². The number of hydrogen-bond donors (Lipinski definition) is 2. The maximum absolute atomic E-state index is 13.4. The van der Waals surface area contributed by atoms with E-state index in [-0.39, 0.29) is 17.9 Å². The fourth-order valence-corrected chi connectivity index (χ4v) is 3.74. The lowest BCUT2D eigenvalue weighted by atomic mass is 9.94. The van der Waals surface area contributed by atoms with Crippen LogP contribution in [0.3, 0.4) is 0 Å². The first-order valence-corrected chi connectivity index (χ1v) is 9.53. The zero-order valence-corrected chi connectivity index (χ0v) is 15.5. The summed E-state index contributed by atoms with van der Waals surface area (Å²) in [4.78, 5) is 21.6. The number of H-pyrrole nitrogens is 1. The molecule has 7 heteroatoms. The third kappa shape index (κ3) is 4.53. The van der Waals surface area contributed by atoms with Gasteiger partial charge in [-0.15, -0.1) is 0 Å². The highest BCUT2D eigenvalue weighted by atomic mass is 19.2. The van der Waals surface area contributed by atoms with Crippen molar-refractivity contribution in [1.29, 1.82) is 0 Å². The number of carbonyl (C=O) groups excluding carboxylic acids is 1. The number of amides is 1. The molecule has 1 saturated heterocycles. The minimum atomic E-state index is -0.874. The molecule has 0 unspecified atom stereocenters. The van der Waals surface area contributed by atoms with Gasteiger partial charge in [0.15, 0.2) is 11.6 Å². The molecule has 146 valence electrons. The monoisotopic (exact) mass is 376 g/mol. The molecule has 3 N–H and O–H groups in total. The van der Waals surface area contributed by atoms with Gasteiger partial charge in [0.05, 0.1) is 17.9 Å². The number of unbranched alkanes of at least 4 members (excludes halogenated alkanes) is 1. The number of nitrogens with one attached hydrogen (secondary N) is 1. The number of aromatic amines is 1. The molecule has 1 aromatic heterocycles. The Bertz CT molecular complexity index is 784. The SMILES string of the molecule is CCCC[C@@H](C(N)=O)N1CCC(c2ncc(-c3ccc(F)c(F)c3)[nH]2)CC1. The Balaban J connectivity index is 1.64. The van der Waals surface area contributed by atoms with Crippen LogP contribution in [0.25, 0.3) is 11.3 Å². The minimum Gasteiger partial charge on any atom is -0.368 e. The molecule has 1 aliphatic rings. The van der Waals surface area contributed by atoms with E-state index in [1.54, 1.807) is 6.20 Å². The number of nitrogens with two attached hydrogens (primary N) is 1. The molecular weight excluding hydrogens is 350 g/mol. The first kappa shape index (κ1) is 19.5. The van der Waals surface area contributed by atoms with Gasteiger partial charge in [-0.1, -0.05) is 19.8 Å². The summed E-state index contributed by atoms with van der Waals surface area (Å²) >= 11 is 0. The topological polar surface area (TPSA) is 75.0 Å². The summed E-state index contributed by atoms with van der Waals surface area (Å²) in [5, 5.41) is 0. The Kier molecular flexibility index (Phi) is 6.21. The number of hydrogen-bond acceptors (Lipinski definition) is 3. The Morgan fingerprint density at radius 1 is 1.33 bits per heavy atom. The Labute approximate surface area is 158 Å². The third-order valence-electron chi connectivity index (χ3n) is 5.34. The van der Waals surface area contributed by atoms with Crippen LogP contribution in [0, 0.1) is 11.6 Å². The maximum Gasteiger partial charge on any atom is 0.234 e. The maximum atomic E-state index is 13.4. The summed E-state index contributed by atoms with van der Waals surface area (Å²) in [6.45, 7) is 3.69. The summed E-state index contributed by atoms with van der Waals surface area (Å²) in [6.07, 6.45) is 6.24. The van der Waals surface area contributed by atoms with Gasteiger partial charge < -0.3 is 10.7 Å². The average molecular weight is 376 g/mol. The quantitative estimate of drug-likeness (QED) is 0.776. The van der Waals surface area contributed by atoms with E-state index in [0.717, 1.165) is 57.1 Å². The van der Waals surface area contributed by atoms with Crippen LogP contribution in [0.5, 0.6) is 0 Å². The van der Waals surface area contributed by atoms with E-state index in [2.05, 4.69) is 21.8 Å². The molecule has 1 aliphatic heterocycles. The Hall–Kier alpha value is -2.28. The van der Waals surface area contributed by atoms with Crippen molar-refractivity contribution in [1.82, 2.24) is 14.9 Å². The molecule has 0 aliphatic carbocycles. The molecule has 27 heavy (non-hydrogen) atoms. The van der Waals surface area contributed by atoms with Gasteiger partial charge in [-0.25, -0.2) is 13.8 Å². The number of nitrogens with zero attached hydrogens (tertiary/aromatic N) is 2. The van der Waals surface area contributed by atoms with Crippen molar-refractivity contribution in [2.45, 2.75) is 51.0 Å². The van der Waals surface area contributed by atoms with Gasteiger partial charge in [-0.2, -0.15) is 0 Å². The van der Waals surface area contributed by atoms with E-state index >= 15 is 0 Å². The lowest BCUT2D eigenvalue weighted by Gasteiger charge is -2.35. The normalized spacial score (nSPS) is 17.1. The molecule has 1 amide bonds. The van der Waals surface area contributed by atoms with Gasteiger partial charge in [0.1, 0.15) is 5.82 Å². The van der Waals surface area contributed by atoms with Crippen molar-refractivity contribution >= 4 is 5.91 Å². The van der Waals surface area contributed by atoms with Crippen LogP contribution in [0.15, 0.2) is 24.4 Å². The van der Waals surface area contributed by atoms with Crippen molar-refractivity contribution in [3.63, 3.8) is 0 Å². The van der Waals surface area contributed by atoms with Crippen molar-refractivity contribution in [3.05, 3.63) is 41.9 Å². The number of likely N-dealkylation sites (tertiary alicyclic amines) is 1. The van der Waals surface area contributed by atoms with Crippen LogP contribution in [0.4, 0.5) is 8.78 Å². The second-order valence-electron chi connectivity index (χ2n) is 7.18. The highest BCUT2D eigenvalue weighted by Gasteiger charge is 2.29. The summed E-state index contributed by atoms with van der Waals surface area (Å²) in [7, 11) is 0. The molecular formula is C20H26F2N4O. The third-order valence-corrected chi connectivity index (χ3v) is 5.34. The van der Waals surface area contributed by atoms with E-state index in [4.69, 9.17) is 5.73 Å². The van der Waals surface area contributed by atoms with Crippen molar-refractivity contribution in [3.8, 4) is 11.3 Å². The summed E-state index contributed by atoms with van der Waals surface area (Å²) < 4.78 is 26.6. The van der Waals surface area contributed by atoms with E-state index in [1.165, 1.54) is 12.1 Å². The number of benzene rings is 1.